The van der Waals surface area contributed by atoms with E-state index in [4.69, 9.17) is 9.47 Å². The van der Waals surface area contributed by atoms with E-state index >= 15 is 0 Å². The molecular weight excluding hydrogens is 424 g/mol. The number of rotatable bonds is 8. The Balaban J connectivity index is 1.52. The van der Waals surface area contributed by atoms with E-state index in [-0.39, 0.29) is 5.91 Å². The van der Waals surface area contributed by atoms with Crippen molar-refractivity contribution in [1.29, 1.82) is 0 Å². The second kappa shape index (κ2) is 9.70. The number of nitrogens with zero attached hydrogens (tertiary/aromatic N) is 1. The van der Waals surface area contributed by atoms with Crippen molar-refractivity contribution in [2.24, 2.45) is 7.05 Å². The van der Waals surface area contributed by atoms with Gasteiger partial charge in [-0.1, -0.05) is 42.5 Å². The van der Waals surface area contributed by atoms with E-state index in [0.717, 1.165) is 15.8 Å². The van der Waals surface area contributed by atoms with Crippen molar-refractivity contribution in [2.45, 2.75) is 12.5 Å². The van der Waals surface area contributed by atoms with Crippen LogP contribution in [0.2, 0.25) is 0 Å². The highest BCUT2D eigenvalue weighted by Crippen LogP contribution is 2.27. The summed E-state index contributed by atoms with van der Waals surface area (Å²) in [5.74, 6) is -0.253. The van der Waals surface area contributed by atoms with E-state index < -0.39 is 12.1 Å². The number of aryl methyl sites for hydroxylation is 1. The summed E-state index contributed by atoms with van der Waals surface area (Å²) in [5, 5.41) is 4.87. The number of aromatic nitrogens is 1. The van der Waals surface area contributed by atoms with Gasteiger partial charge in [0.15, 0.2) is 0 Å². The molecule has 0 aliphatic rings. The summed E-state index contributed by atoms with van der Waals surface area (Å²) in [6.07, 6.45) is -0.388. The lowest BCUT2D eigenvalue weighted by molar-refractivity contribution is -0.130. The number of nitrogens with one attached hydrogen (secondary N) is 1. The van der Waals surface area contributed by atoms with Crippen LogP contribution < -0.4 is 10.1 Å². The zero-order valence-corrected chi connectivity index (χ0v) is 18.7. The van der Waals surface area contributed by atoms with Crippen LogP contribution in [0.15, 0.2) is 72.1 Å². The van der Waals surface area contributed by atoms with Crippen LogP contribution in [0.4, 0.5) is 0 Å². The largest absolute Gasteiger partial charge is 0.497 e. The molecule has 164 valence electrons. The molecule has 0 fully saturated rings. The summed E-state index contributed by atoms with van der Waals surface area (Å²) in [6.45, 7) is 0.437. The van der Waals surface area contributed by atoms with Gasteiger partial charge < -0.3 is 19.4 Å². The first kappa shape index (κ1) is 21.6. The molecule has 0 aliphatic heterocycles. The first-order valence-corrected chi connectivity index (χ1v) is 11.1. The second-order valence-electron chi connectivity index (χ2n) is 7.34. The Bertz CT molecular complexity index is 1210. The van der Waals surface area contributed by atoms with E-state index in [1.54, 1.807) is 53.3 Å². The normalized spacial score (nSPS) is 11.8. The third-order valence-electron chi connectivity index (χ3n) is 5.31. The number of carbonyl (C=O) groups is 2. The molecule has 32 heavy (non-hydrogen) atoms. The van der Waals surface area contributed by atoms with E-state index in [2.05, 4.69) is 5.32 Å². The molecule has 4 rings (SSSR count). The molecule has 0 radical (unpaired) electrons. The van der Waals surface area contributed by atoms with Crippen LogP contribution in [0.5, 0.6) is 5.75 Å². The molecule has 0 bridgehead atoms. The van der Waals surface area contributed by atoms with Crippen molar-refractivity contribution < 1.29 is 19.1 Å². The molecule has 1 atom stereocenters. The van der Waals surface area contributed by atoms with Gasteiger partial charge in [-0.3, -0.25) is 4.79 Å². The zero-order chi connectivity index (χ0) is 22.5. The Kier molecular flexibility index (Phi) is 6.56. The van der Waals surface area contributed by atoms with Gasteiger partial charge in [-0.05, 0) is 41.6 Å². The second-order valence-corrected chi connectivity index (χ2v) is 8.29. The Labute approximate surface area is 190 Å². The van der Waals surface area contributed by atoms with Crippen LogP contribution in [0.25, 0.3) is 10.2 Å². The number of ether oxygens (including phenoxy) is 2. The Morgan fingerprint density at radius 1 is 1.06 bits per heavy atom. The average molecular weight is 449 g/mol. The van der Waals surface area contributed by atoms with Crippen LogP contribution in [0, 0.1) is 0 Å². The smallest absolute Gasteiger partial charge is 0.356 e. The Morgan fingerprint density at radius 2 is 1.81 bits per heavy atom. The van der Waals surface area contributed by atoms with Gasteiger partial charge in [-0.2, -0.15) is 0 Å². The number of benzene rings is 2. The van der Waals surface area contributed by atoms with E-state index in [1.165, 1.54) is 0 Å². The molecule has 7 heteroatoms. The number of methoxy groups -OCH3 is 1. The fraction of sp³-hybridized carbons (Fsp3) is 0.200. The molecule has 1 amide bonds. The van der Waals surface area contributed by atoms with E-state index in [0.29, 0.717) is 30.0 Å². The van der Waals surface area contributed by atoms with Gasteiger partial charge in [0.1, 0.15) is 11.4 Å². The monoisotopic (exact) mass is 448 g/mol. The van der Waals surface area contributed by atoms with Crippen LogP contribution in [0.1, 0.15) is 27.7 Å². The average Bonchev–Trinajstić information content (AvgIpc) is 3.41. The molecule has 1 unspecified atom stereocenters. The van der Waals surface area contributed by atoms with E-state index in [9.17, 15) is 9.59 Å². The predicted molar refractivity (Wildman–Crippen MR) is 125 cm³/mol. The maximum Gasteiger partial charge on any atom is 0.356 e. The van der Waals surface area contributed by atoms with Crippen LogP contribution in [-0.2, 0) is 23.0 Å². The number of amides is 1. The molecule has 6 nitrogen and oxygen atoms in total. The minimum absolute atomic E-state index is 0.365. The van der Waals surface area contributed by atoms with E-state index in [1.807, 2.05) is 48.8 Å². The molecule has 0 saturated carbocycles. The summed E-state index contributed by atoms with van der Waals surface area (Å²) >= 11 is 1.55. The highest BCUT2D eigenvalue weighted by molar-refractivity contribution is 7.17. The van der Waals surface area contributed by atoms with Crippen molar-refractivity contribution >= 4 is 33.4 Å². The lowest BCUT2D eigenvalue weighted by Crippen LogP contribution is -2.33. The minimum Gasteiger partial charge on any atom is -0.497 e. The van der Waals surface area contributed by atoms with Crippen LogP contribution in [0.3, 0.4) is 0 Å². The predicted octanol–water partition coefficient (Wildman–Crippen LogP) is 4.51. The van der Waals surface area contributed by atoms with Gasteiger partial charge in [0.05, 0.1) is 17.3 Å². The van der Waals surface area contributed by atoms with Crippen molar-refractivity contribution in [1.82, 2.24) is 9.88 Å². The van der Waals surface area contributed by atoms with Crippen LogP contribution >= 0.6 is 11.3 Å². The molecule has 0 spiro atoms. The molecule has 2 aromatic carbocycles. The highest BCUT2D eigenvalue weighted by atomic mass is 32.1. The standard InChI is InChI=1S/C25H24N2O4S/c1-27-20-13-15-32-22(20)16-21(27)25(29)31-23(18-8-10-19(30-2)11-9-18)24(28)26-14-12-17-6-4-3-5-7-17/h3-11,13,15-16,23H,12,14H2,1-2H3,(H,26,28). The third-order valence-corrected chi connectivity index (χ3v) is 6.16. The summed E-state index contributed by atoms with van der Waals surface area (Å²) < 4.78 is 13.7. The van der Waals surface area contributed by atoms with Crippen molar-refractivity contribution in [3.8, 4) is 5.75 Å². The van der Waals surface area contributed by atoms with Gasteiger partial charge in [0.25, 0.3) is 5.91 Å². The molecule has 2 heterocycles. The van der Waals surface area contributed by atoms with Crippen molar-refractivity contribution in [3.05, 3.63) is 88.9 Å². The molecule has 4 aromatic rings. The quantitative estimate of drug-likeness (QED) is 0.403. The summed E-state index contributed by atoms with van der Waals surface area (Å²) in [4.78, 5) is 26.0. The first-order chi connectivity index (χ1) is 15.6. The van der Waals surface area contributed by atoms with Crippen molar-refractivity contribution in [2.75, 3.05) is 13.7 Å². The van der Waals surface area contributed by atoms with Crippen LogP contribution in [-0.4, -0.2) is 30.1 Å². The molecule has 0 saturated heterocycles. The summed E-state index contributed by atoms with van der Waals surface area (Å²) in [7, 11) is 3.39. The van der Waals surface area contributed by atoms with Gasteiger partial charge in [-0.15, -0.1) is 11.3 Å². The SMILES string of the molecule is COc1ccc(C(OC(=O)c2cc3sccc3n2C)C(=O)NCCc2ccccc2)cc1. The first-order valence-electron chi connectivity index (χ1n) is 10.3. The maximum atomic E-state index is 13.0. The fourth-order valence-electron chi connectivity index (χ4n) is 3.53. The van der Waals surface area contributed by atoms with Gasteiger partial charge in [0.2, 0.25) is 6.10 Å². The molecule has 0 aliphatic carbocycles. The Hall–Kier alpha value is -3.58. The number of carbonyl (C=O) groups excluding carboxylic acids is 2. The summed E-state index contributed by atoms with van der Waals surface area (Å²) in [5.41, 5.74) is 3.06. The highest BCUT2D eigenvalue weighted by Gasteiger charge is 2.27. The fourth-order valence-corrected chi connectivity index (χ4v) is 4.38. The van der Waals surface area contributed by atoms with Gasteiger partial charge >= 0.3 is 5.97 Å². The number of thiophene rings is 1. The number of hydrogen-bond acceptors (Lipinski definition) is 5. The lowest BCUT2D eigenvalue weighted by atomic mass is 10.1. The molecule has 1 N–H and O–H groups in total. The van der Waals surface area contributed by atoms with Gasteiger partial charge in [-0.25, -0.2) is 4.79 Å². The number of hydrogen-bond donors (Lipinski definition) is 1. The third kappa shape index (κ3) is 4.68. The molecule has 2 aromatic heterocycles. The topological polar surface area (TPSA) is 69.6 Å². The number of fused-ring (bicyclic) bond motifs is 1. The summed E-state index contributed by atoms with van der Waals surface area (Å²) in [6, 6.07) is 20.6. The minimum atomic E-state index is -1.07. The number of esters is 1. The Morgan fingerprint density at radius 3 is 2.50 bits per heavy atom. The maximum absolute atomic E-state index is 13.0. The lowest BCUT2D eigenvalue weighted by Gasteiger charge is -2.18. The molecular formula is C25H24N2O4S. The van der Waals surface area contributed by atoms with Gasteiger partial charge in [0, 0.05) is 19.2 Å². The van der Waals surface area contributed by atoms with Crippen molar-refractivity contribution in [3.63, 3.8) is 0 Å². The zero-order valence-electron chi connectivity index (χ0n) is 17.9.